The van der Waals surface area contributed by atoms with Gasteiger partial charge in [-0.05, 0) is 27.6 Å². The summed E-state index contributed by atoms with van der Waals surface area (Å²) in [6.45, 7) is 0.166. The predicted octanol–water partition coefficient (Wildman–Crippen LogP) is 2.05. The molecule has 0 atom stereocenters. The number of rotatable bonds is 4. The van der Waals surface area contributed by atoms with Crippen molar-refractivity contribution in [3.63, 3.8) is 0 Å². The lowest BCUT2D eigenvalue weighted by molar-refractivity contribution is 0.456. The van der Waals surface area contributed by atoms with E-state index in [1.165, 1.54) is 23.1 Å². The van der Waals surface area contributed by atoms with E-state index in [0.717, 1.165) is 5.56 Å². The molecule has 6 nitrogen and oxygen atoms in total. The zero-order chi connectivity index (χ0) is 14.9. The van der Waals surface area contributed by atoms with Crippen molar-refractivity contribution >= 4 is 37.6 Å². The van der Waals surface area contributed by atoms with Crippen LogP contribution >= 0.6 is 27.5 Å². The van der Waals surface area contributed by atoms with Crippen molar-refractivity contribution in [1.29, 1.82) is 0 Å². The zero-order valence-corrected chi connectivity index (χ0v) is 13.9. The van der Waals surface area contributed by atoms with E-state index in [9.17, 15) is 8.42 Å². The minimum atomic E-state index is -3.71. The van der Waals surface area contributed by atoms with Gasteiger partial charge in [0, 0.05) is 25.7 Å². The van der Waals surface area contributed by atoms with Crippen LogP contribution in [-0.4, -0.2) is 34.8 Å². The molecule has 2 aromatic rings. The first-order chi connectivity index (χ1) is 9.34. The summed E-state index contributed by atoms with van der Waals surface area (Å²) in [7, 11) is -0.700. The van der Waals surface area contributed by atoms with Gasteiger partial charge in [-0.3, -0.25) is 0 Å². The maximum Gasteiger partial charge on any atom is 0.263 e. The van der Waals surface area contributed by atoms with Gasteiger partial charge < -0.3 is 0 Å². The highest BCUT2D eigenvalue weighted by Crippen LogP contribution is 2.24. The van der Waals surface area contributed by atoms with Crippen LogP contribution < -0.4 is 0 Å². The van der Waals surface area contributed by atoms with Crippen molar-refractivity contribution in [3.05, 3.63) is 39.5 Å². The topological polar surface area (TPSA) is 68.1 Å². The number of hydrogen-bond donors (Lipinski definition) is 0. The second kappa shape index (κ2) is 5.80. The Balaban J connectivity index is 2.34. The number of aromatic nitrogens is 3. The van der Waals surface area contributed by atoms with Crippen LogP contribution in [0.3, 0.4) is 0 Å². The maximum absolute atomic E-state index is 12.5. The van der Waals surface area contributed by atoms with Crippen LogP contribution in [0.25, 0.3) is 0 Å². The van der Waals surface area contributed by atoms with Gasteiger partial charge in [-0.1, -0.05) is 35.0 Å². The fourth-order valence-corrected chi connectivity index (χ4v) is 4.06. The van der Waals surface area contributed by atoms with Crippen molar-refractivity contribution < 1.29 is 8.42 Å². The molecule has 0 aliphatic rings. The van der Waals surface area contributed by atoms with Crippen molar-refractivity contribution in [1.82, 2.24) is 19.3 Å². The van der Waals surface area contributed by atoms with Gasteiger partial charge in [-0.2, -0.15) is 4.31 Å². The van der Waals surface area contributed by atoms with Crippen LogP contribution in [0.15, 0.2) is 33.9 Å². The summed E-state index contributed by atoms with van der Waals surface area (Å²) < 4.78 is 27.6. The van der Waals surface area contributed by atoms with E-state index in [2.05, 4.69) is 26.2 Å². The number of sulfonamides is 1. The van der Waals surface area contributed by atoms with E-state index in [1.807, 2.05) is 6.07 Å². The number of benzene rings is 1. The summed E-state index contributed by atoms with van der Waals surface area (Å²) in [6.07, 6.45) is 0. The monoisotopic (exact) mass is 378 g/mol. The molecule has 0 bridgehead atoms. The lowest BCUT2D eigenvalue weighted by atomic mass is 10.2. The molecule has 9 heteroatoms. The van der Waals surface area contributed by atoms with Crippen molar-refractivity contribution in [3.8, 4) is 0 Å². The van der Waals surface area contributed by atoms with Crippen molar-refractivity contribution in [2.24, 2.45) is 7.05 Å². The highest BCUT2D eigenvalue weighted by Gasteiger charge is 2.28. The van der Waals surface area contributed by atoms with Gasteiger partial charge in [-0.15, -0.1) is 5.10 Å². The standard InChI is InChI=1S/C11H12BrClN4O2S/c1-16(7-8-5-3-4-6-9(8)13)20(18,19)11-10(12)14-15-17(11)2/h3-6H,7H2,1-2H3. The number of aryl methyl sites for hydroxylation is 1. The molecule has 1 aromatic heterocycles. The largest absolute Gasteiger partial charge is 0.263 e. The van der Waals surface area contributed by atoms with Crippen LogP contribution in [0.1, 0.15) is 5.56 Å². The molecule has 0 spiro atoms. The van der Waals surface area contributed by atoms with Crippen LogP contribution in [-0.2, 0) is 23.6 Å². The van der Waals surface area contributed by atoms with Crippen LogP contribution in [0.4, 0.5) is 0 Å². The van der Waals surface area contributed by atoms with Crippen LogP contribution in [0.2, 0.25) is 5.02 Å². The fourth-order valence-electron chi connectivity index (χ4n) is 1.70. The molecular weight excluding hydrogens is 368 g/mol. The first kappa shape index (κ1) is 15.4. The lowest BCUT2D eigenvalue weighted by Gasteiger charge is -2.17. The highest BCUT2D eigenvalue weighted by atomic mass is 79.9. The smallest absolute Gasteiger partial charge is 0.235 e. The van der Waals surface area contributed by atoms with Gasteiger partial charge in [0.25, 0.3) is 10.0 Å². The summed E-state index contributed by atoms with van der Waals surface area (Å²) in [5.41, 5.74) is 0.728. The molecule has 0 amide bonds. The highest BCUT2D eigenvalue weighted by molar-refractivity contribution is 9.10. The SMILES string of the molecule is CN(Cc1ccccc1Cl)S(=O)(=O)c1c(Br)nnn1C. The first-order valence-corrected chi connectivity index (χ1v) is 8.20. The van der Waals surface area contributed by atoms with Gasteiger partial charge in [0.15, 0.2) is 4.60 Å². The minimum Gasteiger partial charge on any atom is -0.235 e. The molecule has 1 heterocycles. The van der Waals surface area contributed by atoms with E-state index in [4.69, 9.17) is 11.6 Å². The van der Waals surface area contributed by atoms with Crippen molar-refractivity contribution in [2.75, 3.05) is 7.05 Å². The number of halogens is 2. The number of nitrogens with zero attached hydrogens (tertiary/aromatic N) is 4. The average Bonchev–Trinajstić information content (AvgIpc) is 2.72. The summed E-state index contributed by atoms with van der Waals surface area (Å²) in [6, 6.07) is 7.11. The van der Waals surface area contributed by atoms with Gasteiger partial charge in [0.2, 0.25) is 5.03 Å². The maximum atomic E-state index is 12.5. The quantitative estimate of drug-likeness (QED) is 0.815. The molecular formula is C11H12BrClN4O2S. The molecule has 0 fully saturated rings. The Morgan fingerprint density at radius 2 is 2.05 bits per heavy atom. The third-order valence-corrected chi connectivity index (χ3v) is 5.80. The van der Waals surface area contributed by atoms with E-state index in [1.54, 1.807) is 18.2 Å². The van der Waals surface area contributed by atoms with Crippen LogP contribution in [0, 0.1) is 0 Å². The van der Waals surface area contributed by atoms with E-state index < -0.39 is 10.0 Å². The molecule has 0 saturated heterocycles. The normalized spacial score (nSPS) is 12.1. The summed E-state index contributed by atoms with van der Waals surface area (Å²) >= 11 is 9.14. The van der Waals surface area contributed by atoms with E-state index in [0.29, 0.717) is 5.02 Å². The summed E-state index contributed by atoms with van der Waals surface area (Å²) in [4.78, 5) is 0. The molecule has 0 saturated carbocycles. The van der Waals surface area contributed by atoms with Gasteiger partial charge >= 0.3 is 0 Å². The fraction of sp³-hybridized carbons (Fsp3) is 0.273. The molecule has 0 aliphatic carbocycles. The molecule has 1 aromatic carbocycles. The van der Waals surface area contributed by atoms with Gasteiger partial charge in [-0.25, -0.2) is 13.1 Å². The van der Waals surface area contributed by atoms with Crippen molar-refractivity contribution in [2.45, 2.75) is 11.6 Å². The second-order valence-electron chi connectivity index (χ2n) is 4.16. The summed E-state index contributed by atoms with van der Waals surface area (Å²) in [5.74, 6) is 0. The lowest BCUT2D eigenvalue weighted by Crippen LogP contribution is -2.28. The van der Waals surface area contributed by atoms with Gasteiger partial charge in [0.05, 0.1) is 0 Å². The minimum absolute atomic E-state index is 0.00653. The number of hydrogen-bond acceptors (Lipinski definition) is 4. The van der Waals surface area contributed by atoms with E-state index >= 15 is 0 Å². The molecule has 20 heavy (non-hydrogen) atoms. The zero-order valence-electron chi connectivity index (χ0n) is 10.8. The molecule has 0 radical (unpaired) electrons. The summed E-state index contributed by atoms with van der Waals surface area (Å²) in [5, 5.41) is 7.90. The Kier molecular flexibility index (Phi) is 4.48. The second-order valence-corrected chi connectivity index (χ2v) is 7.28. The first-order valence-electron chi connectivity index (χ1n) is 5.59. The molecule has 0 unspecified atom stereocenters. The third-order valence-electron chi connectivity index (χ3n) is 2.74. The molecule has 2 rings (SSSR count). The Morgan fingerprint density at radius 3 is 2.60 bits per heavy atom. The molecule has 0 aliphatic heterocycles. The predicted molar refractivity (Wildman–Crippen MR) is 78.8 cm³/mol. The average molecular weight is 380 g/mol. The Bertz CT molecular complexity index is 712. The van der Waals surface area contributed by atoms with E-state index in [-0.39, 0.29) is 16.2 Å². The van der Waals surface area contributed by atoms with Gasteiger partial charge in [0.1, 0.15) is 0 Å². The Hall–Kier alpha value is -0.960. The molecule has 108 valence electrons. The Morgan fingerprint density at radius 1 is 1.40 bits per heavy atom. The third kappa shape index (κ3) is 2.88. The Labute approximate surface area is 130 Å². The molecule has 0 N–H and O–H groups in total. The van der Waals surface area contributed by atoms with Crippen LogP contribution in [0.5, 0.6) is 0 Å².